The Morgan fingerprint density at radius 3 is 2.88 bits per heavy atom. The molecular formula is C19H16FN3O. The number of anilines is 1. The van der Waals surface area contributed by atoms with E-state index in [1.165, 1.54) is 6.07 Å². The second-order valence-electron chi connectivity index (χ2n) is 6.02. The number of nitrogens with two attached hydrogens (primary N) is 1. The van der Waals surface area contributed by atoms with Crippen molar-refractivity contribution < 1.29 is 9.18 Å². The molecule has 0 radical (unpaired) electrons. The van der Waals surface area contributed by atoms with E-state index in [0.717, 1.165) is 34.9 Å². The molecule has 3 aromatic rings. The Bertz CT molecular complexity index is 954. The Hall–Kier alpha value is -2.95. The van der Waals surface area contributed by atoms with E-state index in [1.807, 2.05) is 24.3 Å². The summed E-state index contributed by atoms with van der Waals surface area (Å²) in [5.74, 6) is -0.271. The summed E-state index contributed by atoms with van der Waals surface area (Å²) >= 11 is 0. The van der Waals surface area contributed by atoms with E-state index in [1.54, 1.807) is 18.2 Å². The number of carbonyl (C=O) groups excluding carboxylic acids is 1. The minimum Gasteiger partial charge on any atom is -0.365 e. The Kier molecular flexibility index (Phi) is 3.41. The van der Waals surface area contributed by atoms with E-state index in [9.17, 15) is 9.18 Å². The molecule has 0 saturated heterocycles. The predicted octanol–water partition coefficient (Wildman–Crippen LogP) is 3.57. The normalized spacial score (nSPS) is 16.1. The number of para-hydroxylation sites is 1. The summed E-state index contributed by atoms with van der Waals surface area (Å²) in [4.78, 5) is 16.4. The zero-order valence-electron chi connectivity index (χ0n) is 12.9. The molecule has 4 nitrogen and oxygen atoms in total. The van der Waals surface area contributed by atoms with Gasteiger partial charge in [0.05, 0.1) is 17.1 Å². The van der Waals surface area contributed by atoms with Crippen LogP contribution in [0.25, 0.3) is 10.9 Å². The number of hydrogen-bond donors (Lipinski definition) is 2. The number of hydrogen-bond acceptors (Lipinski definition) is 3. The summed E-state index contributed by atoms with van der Waals surface area (Å²) in [6, 6.07) is 14.2. The van der Waals surface area contributed by atoms with E-state index >= 15 is 0 Å². The van der Waals surface area contributed by atoms with Gasteiger partial charge in [-0.3, -0.25) is 4.79 Å². The molecule has 4 rings (SSSR count). The topological polar surface area (TPSA) is 68.0 Å². The fourth-order valence-corrected chi connectivity index (χ4v) is 3.31. The van der Waals surface area contributed by atoms with Crippen LogP contribution in [0.15, 0.2) is 48.5 Å². The van der Waals surface area contributed by atoms with Gasteiger partial charge in [-0.25, -0.2) is 9.37 Å². The number of nitrogens with zero attached hydrogens (tertiary/aromatic N) is 1. The van der Waals surface area contributed by atoms with Crippen molar-refractivity contribution in [2.75, 3.05) is 5.32 Å². The molecule has 0 fully saturated rings. The first-order chi connectivity index (χ1) is 11.6. The van der Waals surface area contributed by atoms with Crippen molar-refractivity contribution in [2.45, 2.75) is 18.9 Å². The lowest BCUT2D eigenvalue weighted by Gasteiger charge is -2.17. The van der Waals surface area contributed by atoms with E-state index in [2.05, 4.69) is 10.3 Å². The second-order valence-corrected chi connectivity index (χ2v) is 6.02. The average molecular weight is 321 g/mol. The standard InChI is InChI=1S/C19H16FN3O/c20-13-6-7-14-11(9-13)5-8-17(14)23-19-15(18(21)24)10-12-3-1-2-4-16(12)22-19/h1-4,6-7,9-10,17H,5,8H2,(H2,21,24)(H,22,23). The summed E-state index contributed by atoms with van der Waals surface area (Å²) in [6.45, 7) is 0. The molecule has 0 spiro atoms. The first-order valence-corrected chi connectivity index (χ1v) is 7.86. The Morgan fingerprint density at radius 2 is 2.04 bits per heavy atom. The molecular weight excluding hydrogens is 305 g/mol. The zero-order chi connectivity index (χ0) is 16.7. The molecule has 5 heteroatoms. The number of benzene rings is 2. The Morgan fingerprint density at radius 1 is 1.21 bits per heavy atom. The minimum atomic E-state index is -0.520. The third kappa shape index (κ3) is 2.48. The molecule has 1 aliphatic rings. The fourth-order valence-electron chi connectivity index (χ4n) is 3.31. The lowest BCUT2D eigenvalue weighted by molar-refractivity contribution is 0.100. The third-order valence-electron chi connectivity index (χ3n) is 4.48. The maximum atomic E-state index is 13.4. The van der Waals surface area contributed by atoms with E-state index < -0.39 is 5.91 Å². The van der Waals surface area contributed by atoms with Crippen LogP contribution in [0.4, 0.5) is 10.2 Å². The number of rotatable bonds is 3. The largest absolute Gasteiger partial charge is 0.365 e. The third-order valence-corrected chi connectivity index (χ3v) is 4.48. The lowest BCUT2D eigenvalue weighted by Crippen LogP contribution is -2.17. The molecule has 3 N–H and O–H groups in total. The molecule has 0 bridgehead atoms. The van der Waals surface area contributed by atoms with Crippen LogP contribution in [0.3, 0.4) is 0 Å². The number of nitrogens with one attached hydrogen (secondary N) is 1. The van der Waals surface area contributed by atoms with Gasteiger partial charge in [0.25, 0.3) is 5.91 Å². The first kappa shape index (κ1) is 14.6. The van der Waals surface area contributed by atoms with Crippen LogP contribution in [-0.4, -0.2) is 10.9 Å². The Labute approximate surface area is 138 Å². The van der Waals surface area contributed by atoms with Crippen LogP contribution in [0.1, 0.15) is 33.9 Å². The number of halogens is 1. The van der Waals surface area contributed by atoms with Gasteiger partial charge in [-0.05, 0) is 48.2 Å². The molecule has 1 atom stereocenters. The monoisotopic (exact) mass is 321 g/mol. The minimum absolute atomic E-state index is 0.00707. The molecule has 0 aliphatic heterocycles. The molecule has 1 amide bonds. The number of aryl methyl sites for hydroxylation is 1. The number of amides is 1. The van der Waals surface area contributed by atoms with Crippen molar-refractivity contribution in [3.63, 3.8) is 0 Å². The second kappa shape index (κ2) is 5.60. The van der Waals surface area contributed by atoms with Crippen LogP contribution >= 0.6 is 0 Å². The van der Waals surface area contributed by atoms with Gasteiger partial charge >= 0.3 is 0 Å². The predicted molar refractivity (Wildman–Crippen MR) is 91.3 cm³/mol. The van der Waals surface area contributed by atoms with Gasteiger partial charge in [0.2, 0.25) is 0 Å². The average Bonchev–Trinajstić information content (AvgIpc) is 2.96. The lowest BCUT2D eigenvalue weighted by atomic mass is 10.1. The van der Waals surface area contributed by atoms with Crippen molar-refractivity contribution in [1.82, 2.24) is 4.98 Å². The molecule has 1 aliphatic carbocycles. The van der Waals surface area contributed by atoms with Crippen molar-refractivity contribution in [2.24, 2.45) is 5.73 Å². The van der Waals surface area contributed by atoms with E-state index in [-0.39, 0.29) is 11.9 Å². The van der Waals surface area contributed by atoms with Gasteiger partial charge in [0.15, 0.2) is 0 Å². The Balaban J connectivity index is 1.75. The summed E-state index contributed by atoms with van der Waals surface area (Å²) in [6.07, 6.45) is 1.62. The smallest absolute Gasteiger partial charge is 0.252 e. The van der Waals surface area contributed by atoms with Gasteiger partial charge < -0.3 is 11.1 Å². The molecule has 0 saturated carbocycles. The van der Waals surface area contributed by atoms with Crippen LogP contribution in [0.5, 0.6) is 0 Å². The van der Waals surface area contributed by atoms with Gasteiger partial charge in [-0.1, -0.05) is 24.3 Å². The SMILES string of the molecule is NC(=O)c1cc2ccccc2nc1NC1CCc2cc(F)ccc21. The number of primary amides is 1. The maximum Gasteiger partial charge on any atom is 0.252 e. The molecule has 1 heterocycles. The van der Waals surface area contributed by atoms with Crippen molar-refractivity contribution in [1.29, 1.82) is 0 Å². The number of pyridine rings is 1. The van der Waals surface area contributed by atoms with Crippen molar-refractivity contribution in [3.8, 4) is 0 Å². The number of aromatic nitrogens is 1. The van der Waals surface area contributed by atoms with E-state index in [0.29, 0.717) is 11.4 Å². The summed E-state index contributed by atoms with van der Waals surface area (Å²) in [5.41, 5.74) is 8.72. The van der Waals surface area contributed by atoms with Gasteiger partial charge in [0.1, 0.15) is 11.6 Å². The van der Waals surface area contributed by atoms with Gasteiger partial charge in [0, 0.05) is 5.39 Å². The van der Waals surface area contributed by atoms with Crippen LogP contribution in [-0.2, 0) is 6.42 Å². The van der Waals surface area contributed by atoms with Crippen molar-refractivity contribution in [3.05, 3.63) is 71.0 Å². The highest BCUT2D eigenvalue weighted by atomic mass is 19.1. The highest BCUT2D eigenvalue weighted by molar-refractivity contribution is 6.01. The first-order valence-electron chi connectivity index (χ1n) is 7.86. The zero-order valence-corrected chi connectivity index (χ0v) is 12.9. The van der Waals surface area contributed by atoms with Crippen LogP contribution < -0.4 is 11.1 Å². The van der Waals surface area contributed by atoms with Crippen LogP contribution in [0.2, 0.25) is 0 Å². The highest BCUT2D eigenvalue weighted by Crippen LogP contribution is 2.35. The number of fused-ring (bicyclic) bond motifs is 2. The van der Waals surface area contributed by atoms with Gasteiger partial charge in [-0.15, -0.1) is 0 Å². The molecule has 2 aromatic carbocycles. The fraction of sp³-hybridized carbons (Fsp3) is 0.158. The van der Waals surface area contributed by atoms with Crippen molar-refractivity contribution >= 4 is 22.6 Å². The van der Waals surface area contributed by atoms with E-state index in [4.69, 9.17) is 5.73 Å². The molecule has 1 aromatic heterocycles. The number of carbonyl (C=O) groups is 1. The highest BCUT2D eigenvalue weighted by Gasteiger charge is 2.24. The molecule has 1 unspecified atom stereocenters. The summed E-state index contributed by atoms with van der Waals surface area (Å²) in [5, 5.41) is 4.19. The summed E-state index contributed by atoms with van der Waals surface area (Å²) in [7, 11) is 0. The molecule has 120 valence electrons. The quantitative estimate of drug-likeness (QED) is 0.775. The molecule has 24 heavy (non-hydrogen) atoms. The van der Waals surface area contributed by atoms with Gasteiger partial charge in [-0.2, -0.15) is 0 Å². The maximum absolute atomic E-state index is 13.4. The summed E-state index contributed by atoms with van der Waals surface area (Å²) < 4.78 is 13.4. The van der Waals surface area contributed by atoms with Crippen LogP contribution in [0, 0.1) is 5.82 Å².